The molecule has 198 valence electrons. The van der Waals surface area contributed by atoms with Crippen molar-refractivity contribution in [1.82, 2.24) is 14.9 Å². The van der Waals surface area contributed by atoms with Crippen molar-refractivity contribution in [3.05, 3.63) is 96.2 Å². The molecule has 0 atom stereocenters. The predicted molar refractivity (Wildman–Crippen MR) is 157 cm³/mol. The molecule has 0 bridgehead atoms. The molecule has 1 aliphatic heterocycles. The first kappa shape index (κ1) is 27.5. The van der Waals surface area contributed by atoms with E-state index in [0.29, 0.717) is 47.8 Å². The van der Waals surface area contributed by atoms with Crippen LogP contribution >= 0.6 is 23.4 Å². The molecule has 3 aromatic rings. The lowest BCUT2D eigenvalue weighted by Gasteiger charge is -2.36. The molecule has 0 saturated carbocycles. The number of rotatable bonds is 11. The van der Waals surface area contributed by atoms with E-state index >= 15 is 0 Å². The number of amides is 1. The Morgan fingerprint density at radius 2 is 1.68 bits per heavy atom. The summed E-state index contributed by atoms with van der Waals surface area (Å²) >= 11 is 7.77. The lowest BCUT2D eigenvalue weighted by Crippen LogP contribution is -2.48. The smallest absolute Gasteiger partial charge is 0.253 e. The van der Waals surface area contributed by atoms with E-state index in [0.717, 1.165) is 35.9 Å². The molecular weight excluding hydrogens is 518 g/mol. The van der Waals surface area contributed by atoms with E-state index in [1.807, 2.05) is 58.4 Å². The van der Waals surface area contributed by atoms with Crippen molar-refractivity contribution < 1.29 is 9.53 Å². The van der Waals surface area contributed by atoms with Crippen LogP contribution in [0.4, 0.5) is 11.5 Å². The fraction of sp³-hybridized carbons (Fsp3) is 0.276. The number of halogens is 1. The number of benzene rings is 2. The van der Waals surface area contributed by atoms with Gasteiger partial charge in [-0.15, -0.1) is 13.2 Å². The summed E-state index contributed by atoms with van der Waals surface area (Å²) in [4.78, 5) is 28.3. The minimum absolute atomic E-state index is 0.0610. The maximum absolute atomic E-state index is 13.1. The molecule has 1 saturated heterocycles. The number of piperazine rings is 1. The normalized spacial score (nSPS) is 13.2. The number of hydrogen-bond acceptors (Lipinski definition) is 7. The number of anilines is 2. The summed E-state index contributed by atoms with van der Waals surface area (Å²) in [6.07, 6.45) is 3.63. The zero-order chi connectivity index (χ0) is 26.9. The van der Waals surface area contributed by atoms with E-state index in [9.17, 15) is 4.79 Å². The fourth-order valence-electron chi connectivity index (χ4n) is 4.22. The van der Waals surface area contributed by atoms with Crippen LogP contribution in [0.2, 0.25) is 5.15 Å². The van der Waals surface area contributed by atoms with E-state index in [2.05, 4.69) is 40.2 Å². The molecule has 0 spiro atoms. The lowest BCUT2D eigenvalue weighted by molar-refractivity contribution is 0.0747. The molecule has 1 aliphatic rings. The van der Waals surface area contributed by atoms with Crippen molar-refractivity contribution in [1.29, 1.82) is 0 Å². The van der Waals surface area contributed by atoms with E-state index in [1.54, 1.807) is 13.2 Å². The summed E-state index contributed by atoms with van der Waals surface area (Å²) in [5.41, 5.74) is 2.92. The Morgan fingerprint density at radius 3 is 2.29 bits per heavy atom. The Morgan fingerprint density at radius 1 is 1.03 bits per heavy atom. The summed E-state index contributed by atoms with van der Waals surface area (Å²) in [5.74, 6) is 2.30. The van der Waals surface area contributed by atoms with Crippen molar-refractivity contribution in [2.75, 3.05) is 56.2 Å². The molecular formula is C29H32ClN5O2S. The van der Waals surface area contributed by atoms with Crippen LogP contribution in [0.25, 0.3) is 0 Å². The van der Waals surface area contributed by atoms with Gasteiger partial charge in [0.05, 0.1) is 7.11 Å². The van der Waals surface area contributed by atoms with Gasteiger partial charge in [0.15, 0.2) is 5.16 Å². The molecule has 9 heteroatoms. The van der Waals surface area contributed by atoms with Crippen LogP contribution in [0.1, 0.15) is 15.9 Å². The molecule has 1 amide bonds. The largest absolute Gasteiger partial charge is 0.497 e. The molecule has 7 nitrogen and oxygen atoms in total. The van der Waals surface area contributed by atoms with Crippen molar-refractivity contribution in [3.8, 4) is 5.75 Å². The van der Waals surface area contributed by atoms with Crippen LogP contribution < -0.4 is 14.5 Å². The van der Waals surface area contributed by atoms with Crippen molar-refractivity contribution in [3.63, 3.8) is 0 Å². The Hall–Kier alpha value is -3.49. The molecule has 4 rings (SSSR count). The highest BCUT2D eigenvalue weighted by Crippen LogP contribution is 2.25. The summed E-state index contributed by atoms with van der Waals surface area (Å²) in [5, 5.41) is 0.990. The number of carbonyl (C=O) groups excluding carboxylic acids is 1. The van der Waals surface area contributed by atoms with Gasteiger partial charge in [0.2, 0.25) is 0 Å². The number of nitrogens with zero attached hydrogens (tertiary/aromatic N) is 5. The minimum Gasteiger partial charge on any atom is -0.497 e. The number of hydrogen-bond donors (Lipinski definition) is 0. The Kier molecular flexibility index (Phi) is 9.67. The van der Waals surface area contributed by atoms with Crippen molar-refractivity contribution in [2.45, 2.75) is 10.9 Å². The molecule has 0 unspecified atom stereocenters. The van der Waals surface area contributed by atoms with Crippen molar-refractivity contribution >= 4 is 40.8 Å². The Labute approximate surface area is 233 Å². The Balaban J connectivity index is 1.32. The van der Waals surface area contributed by atoms with Gasteiger partial charge >= 0.3 is 0 Å². The molecule has 0 radical (unpaired) electrons. The first-order valence-corrected chi connectivity index (χ1v) is 13.8. The zero-order valence-corrected chi connectivity index (χ0v) is 23.1. The molecule has 1 aromatic heterocycles. The summed E-state index contributed by atoms with van der Waals surface area (Å²) in [6, 6.07) is 17.6. The number of carbonyl (C=O) groups is 1. The van der Waals surface area contributed by atoms with Crippen molar-refractivity contribution in [2.24, 2.45) is 0 Å². The van der Waals surface area contributed by atoms with Gasteiger partial charge in [-0.05, 0) is 42.0 Å². The van der Waals surface area contributed by atoms with Gasteiger partial charge in [-0.2, -0.15) is 0 Å². The molecule has 2 heterocycles. The maximum atomic E-state index is 13.1. The zero-order valence-electron chi connectivity index (χ0n) is 21.6. The van der Waals surface area contributed by atoms with Crippen LogP contribution in [0.3, 0.4) is 0 Å². The van der Waals surface area contributed by atoms with Crippen LogP contribution in [0, 0.1) is 0 Å². The highest BCUT2D eigenvalue weighted by atomic mass is 35.5. The van der Waals surface area contributed by atoms with Gasteiger partial charge in [0.25, 0.3) is 5.91 Å². The third-order valence-corrected chi connectivity index (χ3v) is 7.37. The van der Waals surface area contributed by atoms with E-state index in [-0.39, 0.29) is 5.91 Å². The molecule has 38 heavy (non-hydrogen) atoms. The quantitative estimate of drug-likeness (QED) is 0.134. The minimum atomic E-state index is 0.0610. The average Bonchev–Trinajstić information content (AvgIpc) is 2.96. The number of ether oxygens (including phenoxy) is 1. The summed E-state index contributed by atoms with van der Waals surface area (Å²) in [7, 11) is 1.66. The average molecular weight is 550 g/mol. The fourth-order valence-corrected chi connectivity index (χ4v) is 5.26. The molecule has 0 aliphatic carbocycles. The SMILES string of the molecule is C=CCN(CC=C)c1cc(Cl)nc(SCc2ccc(C(=O)N3CCN(c4ccc(OC)cc4)CC3)cc2)n1. The van der Waals surface area contributed by atoms with E-state index in [4.69, 9.17) is 16.3 Å². The standard InChI is InChI=1S/C29H32ClN5O2S/c1-4-14-34(15-5-2)27-20-26(30)31-29(32-27)38-21-22-6-8-23(9-7-22)28(36)35-18-16-33(17-19-35)24-10-12-25(37-3)13-11-24/h4-13,20H,1-2,14-19,21H2,3H3. The van der Waals surface area contributed by atoms with Gasteiger partial charge < -0.3 is 19.4 Å². The Bertz CT molecular complexity index is 1230. The van der Waals surface area contributed by atoms with Gasteiger partial charge in [-0.1, -0.05) is 47.6 Å². The third kappa shape index (κ3) is 7.08. The topological polar surface area (TPSA) is 61.8 Å². The number of thioether (sulfide) groups is 1. The predicted octanol–water partition coefficient (Wildman–Crippen LogP) is 5.57. The van der Waals surface area contributed by atoms with Crippen LogP contribution in [0.5, 0.6) is 5.75 Å². The van der Waals surface area contributed by atoms with Gasteiger partial charge in [0, 0.05) is 62.3 Å². The van der Waals surface area contributed by atoms with Gasteiger partial charge in [0.1, 0.15) is 16.7 Å². The van der Waals surface area contributed by atoms with Gasteiger partial charge in [-0.25, -0.2) is 9.97 Å². The molecule has 2 aromatic carbocycles. The van der Waals surface area contributed by atoms with Crippen LogP contribution in [-0.4, -0.2) is 67.2 Å². The van der Waals surface area contributed by atoms with E-state index < -0.39 is 0 Å². The summed E-state index contributed by atoms with van der Waals surface area (Å²) < 4.78 is 5.24. The number of aromatic nitrogens is 2. The second kappa shape index (κ2) is 13.3. The first-order chi connectivity index (χ1) is 18.5. The second-order valence-corrected chi connectivity index (χ2v) is 10.1. The maximum Gasteiger partial charge on any atom is 0.253 e. The number of methoxy groups -OCH3 is 1. The van der Waals surface area contributed by atoms with Crippen LogP contribution in [0.15, 0.2) is 85.1 Å². The lowest BCUT2D eigenvalue weighted by atomic mass is 10.1. The third-order valence-electron chi connectivity index (χ3n) is 6.26. The molecule has 1 fully saturated rings. The van der Waals surface area contributed by atoms with Crippen LogP contribution in [-0.2, 0) is 5.75 Å². The monoisotopic (exact) mass is 549 g/mol. The van der Waals surface area contributed by atoms with E-state index in [1.165, 1.54) is 11.8 Å². The molecule has 0 N–H and O–H groups in total. The second-order valence-electron chi connectivity index (χ2n) is 8.78. The van der Waals surface area contributed by atoms with Gasteiger partial charge in [-0.3, -0.25) is 4.79 Å². The highest BCUT2D eigenvalue weighted by molar-refractivity contribution is 7.98. The highest BCUT2D eigenvalue weighted by Gasteiger charge is 2.22. The summed E-state index contributed by atoms with van der Waals surface area (Å²) in [6.45, 7) is 11.9. The first-order valence-electron chi connectivity index (χ1n) is 12.4.